The highest BCUT2D eigenvalue weighted by Crippen LogP contribution is 2.40. The van der Waals surface area contributed by atoms with Crippen LogP contribution in [-0.2, 0) is 9.53 Å². The number of ether oxygens (including phenoxy) is 1. The highest BCUT2D eigenvalue weighted by molar-refractivity contribution is 6.30. The largest absolute Gasteiger partial charge is 0.381 e. The van der Waals surface area contributed by atoms with E-state index in [0.717, 1.165) is 68.9 Å². The van der Waals surface area contributed by atoms with Crippen LogP contribution < -0.4 is 5.32 Å². The van der Waals surface area contributed by atoms with Gasteiger partial charge in [0.15, 0.2) is 11.0 Å². The minimum atomic E-state index is 0.173. The average Bonchev–Trinajstić information content (AvgIpc) is 3.21. The molecule has 7 heteroatoms. The summed E-state index contributed by atoms with van der Waals surface area (Å²) in [6.07, 6.45) is 3.93. The second-order valence-corrected chi connectivity index (χ2v) is 8.41. The second kappa shape index (κ2) is 7.31. The van der Waals surface area contributed by atoms with Crippen molar-refractivity contribution in [2.24, 2.45) is 17.8 Å². The highest BCUT2D eigenvalue weighted by atomic mass is 35.5. The van der Waals surface area contributed by atoms with Crippen LogP contribution in [0.2, 0.25) is 5.15 Å². The van der Waals surface area contributed by atoms with Gasteiger partial charge in [0.25, 0.3) is 0 Å². The fraction of sp³-hybridized carbons (Fsp3) is 0.737. The van der Waals surface area contributed by atoms with Gasteiger partial charge in [-0.05, 0) is 62.5 Å². The van der Waals surface area contributed by atoms with E-state index in [1.165, 1.54) is 0 Å². The van der Waals surface area contributed by atoms with Crippen molar-refractivity contribution in [1.82, 2.24) is 15.1 Å². The molecule has 142 valence electrons. The van der Waals surface area contributed by atoms with Gasteiger partial charge in [-0.15, -0.1) is 10.2 Å². The van der Waals surface area contributed by atoms with Crippen LogP contribution in [0.15, 0.2) is 0 Å². The average molecular weight is 379 g/mol. The summed E-state index contributed by atoms with van der Waals surface area (Å²) in [4.78, 5) is 14.9. The maximum absolute atomic E-state index is 12.7. The molecule has 0 radical (unpaired) electrons. The molecule has 1 saturated carbocycles. The number of hydrogen-bond acceptors (Lipinski definition) is 5. The summed E-state index contributed by atoms with van der Waals surface area (Å²) in [5, 5.41) is 12.3. The molecule has 1 N–H and O–H groups in total. The first-order valence-electron chi connectivity index (χ1n) is 9.65. The van der Waals surface area contributed by atoms with E-state index in [9.17, 15) is 4.79 Å². The van der Waals surface area contributed by atoms with Crippen molar-refractivity contribution in [3.05, 3.63) is 16.3 Å². The van der Waals surface area contributed by atoms with Crippen LogP contribution in [0.1, 0.15) is 36.8 Å². The summed E-state index contributed by atoms with van der Waals surface area (Å²) in [7, 11) is 0. The number of aromatic nitrogens is 2. The van der Waals surface area contributed by atoms with Gasteiger partial charge in [0.2, 0.25) is 5.91 Å². The predicted octanol–water partition coefficient (Wildman–Crippen LogP) is 2.82. The molecule has 3 aliphatic rings. The van der Waals surface area contributed by atoms with E-state index in [1.54, 1.807) is 0 Å². The Labute approximate surface area is 159 Å². The smallest absolute Gasteiger partial charge is 0.225 e. The summed E-state index contributed by atoms with van der Waals surface area (Å²) < 4.78 is 5.38. The van der Waals surface area contributed by atoms with Crippen molar-refractivity contribution in [3.8, 4) is 0 Å². The van der Waals surface area contributed by atoms with E-state index in [1.807, 2.05) is 13.8 Å². The molecule has 0 unspecified atom stereocenters. The number of nitrogens with one attached hydrogen (secondary N) is 1. The molecular formula is C19H27ClN4O2. The molecule has 1 aromatic heterocycles. The lowest BCUT2D eigenvalue weighted by Gasteiger charge is -2.27. The monoisotopic (exact) mass is 378 g/mol. The first kappa shape index (κ1) is 18.0. The summed E-state index contributed by atoms with van der Waals surface area (Å²) in [5.41, 5.74) is 2.05. The van der Waals surface area contributed by atoms with Crippen LogP contribution in [-0.4, -0.2) is 53.3 Å². The van der Waals surface area contributed by atoms with Gasteiger partial charge >= 0.3 is 0 Å². The molecule has 6 nitrogen and oxygen atoms in total. The zero-order valence-electron chi connectivity index (χ0n) is 15.5. The number of amides is 1. The van der Waals surface area contributed by atoms with E-state index in [4.69, 9.17) is 16.3 Å². The number of nitrogens with zero attached hydrogens (tertiary/aromatic N) is 3. The molecule has 3 atom stereocenters. The summed E-state index contributed by atoms with van der Waals surface area (Å²) >= 11 is 6.04. The number of likely N-dealkylation sites (tertiary alicyclic amines) is 1. The molecule has 0 aromatic carbocycles. The maximum atomic E-state index is 12.7. The van der Waals surface area contributed by atoms with Crippen molar-refractivity contribution in [3.63, 3.8) is 0 Å². The Morgan fingerprint density at radius 3 is 2.42 bits per heavy atom. The Kier molecular flexibility index (Phi) is 5.06. The number of carbonyl (C=O) groups is 1. The van der Waals surface area contributed by atoms with Crippen molar-refractivity contribution in [1.29, 1.82) is 0 Å². The van der Waals surface area contributed by atoms with Crippen molar-refractivity contribution < 1.29 is 9.53 Å². The van der Waals surface area contributed by atoms with Gasteiger partial charge < -0.3 is 15.0 Å². The van der Waals surface area contributed by atoms with E-state index in [-0.39, 0.29) is 5.92 Å². The first-order chi connectivity index (χ1) is 12.5. The summed E-state index contributed by atoms with van der Waals surface area (Å²) in [6, 6.07) is 0.402. The SMILES string of the molecule is Cc1c(Cl)nnc(N[C@@H]2C[C@@H]3CN(C(=O)C4CCOCC4)C[C@@H]3C2)c1C. The minimum Gasteiger partial charge on any atom is -0.381 e. The van der Waals surface area contributed by atoms with Crippen LogP contribution >= 0.6 is 11.6 Å². The second-order valence-electron chi connectivity index (χ2n) is 8.05. The van der Waals surface area contributed by atoms with Gasteiger partial charge in [-0.1, -0.05) is 11.6 Å². The van der Waals surface area contributed by atoms with Crippen LogP contribution in [0.5, 0.6) is 0 Å². The quantitative estimate of drug-likeness (QED) is 0.875. The number of hydrogen-bond donors (Lipinski definition) is 1. The topological polar surface area (TPSA) is 67.4 Å². The molecule has 1 amide bonds. The van der Waals surface area contributed by atoms with E-state index >= 15 is 0 Å². The number of fused-ring (bicyclic) bond motifs is 1. The number of rotatable bonds is 3. The summed E-state index contributed by atoms with van der Waals surface area (Å²) in [6.45, 7) is 7.27. The van der Waals surface area contributed by atoms with Gasteiger partial charge in [0.1, 0.15) is 0 Å². The van der Waals surface area contributed by atoms with Gasteiger partial charge in [-0.3, -0.25) is 4.79 Å². The van der Waals surface area contributed by atoms with Gasteiger partial charge in [0.05, 0.1) is 0 Å². The fourth-order valence-electron chi connectivity index (χ4n) is 4.71. The lowest BCUT2D eigenvalue weighted by Crippen LogP contribution is -2.38. The molecule has 4 rings (SSSR count). The van der Waals surface area contributed by atoms with E-state index < -0.39 is 0 Å². The Bertz CT molecular complexity index is 678. The van der Waals surface area contributed by atoms with Crippen molar-refractivity contribution in [2.45, 2.75) is 45.6 Å². The molecule has 1 aliphatic carbocycles. The third-order valence-electron chi connectivity index (χ3n) is 6.44. The van der Waals surface area contributed by atoms with Gasteiger partial charge in [0, 0.05) is 38.3 Å². The lowest BCUT2D eigenvalue weighted by atomic mass is 9.98. The number of halogens is 1. The van der Waals surface area contributed by atoms with E-state index in [2.05, 4.69) is 20.4 Å². The van der Waals surface area contributed by atoms with Gasteiger partial charge in [-0.25, -0.2) is 0 Å². The van der Waals surface area contributed by atoms with E-state index in [0.29, 0.717) is 28.9 Å². The minimum absolute atomic E-state index is 0.173. The van der Waals surface area contributed by atoms with Crippen LogP contribution in [0, 0.1) is 31.6 Å². The molecule has 0 spiro atoms. The zero-order valence-corrected chi connectivity index (χ0v) is 16.3. The fourth-order valence-corrected chi connectivity index (χ4v) is 4.89. The van der Waals surface area contributed by atoms with Gasteiger partial charge in [-0.2, -0.15) is 0 Å². The Morgan fingerprint density at radius 2 is 1.77 bits per heavy atom. The molecule has 3 heterocycles. The molecule has 0 bridgehead atoms. The van der Waals surface area contributed by atoms with Crippen molar-refractivity contribution >= 4 is 23.3 Å². The van der Waals surface area contributed by atoms with Crippen LogP contribution in [0.4, 0.5) is 5.82 Å². The van der Waals surface area contributed by atoms with Crippen LogP contribution in [0.3, 0.4) is 0 Å². The number of carbonyl (C=O) groups excluding carboxylic acids is 1. The third kappa shape index (κ3) is 3.41. The lowest BCUT2D eigenvalue weighted by molar-refractivity contribution is -0.137. The Hall–Kier alpha value is -1.40. The molecular weight excluding hydrogens is 352 g/mol. The first-order valence-corrected chi connectivity index (χ1v) is 10.0. The van der Waals surface area contributed by atoms with Crippen molar-refractivity contribution in [2.75, 3.05) is 31.6 Å². The third-order valence-corrected chi connectivity index (χ3v) is 6.80. The molecule has 2 aliphatic heterocycles. The molecule has 3 fully saturated rings. The molecule has 1 aromatic rings. The summed E-state index contributed by atoms with van der Waals surface area (Å²) in [5.74, 6) is 2.55. The zero-order chi connectivity index (χ0) is 18.3. The Balaban J connectivity index is 1.34. The standard InChI is InChI=1S/C19H27ClN4O2/c1-11-12(2)18(23-22-17(11)20)21-16-7-14-9-24(10-15(14)8-16)19(25)13-3-5-26-6-4-13/h13-16H,3-10H2,1-2H3,(H,21,23)/t14-,15+,16-. The maximum Gasteiger partial charge on any atom is 0.225 e. The molecule has 2 saturated heterocycles. The Morgan fingerprint density at radius 1 is 1.12 bits per heavy atom. The predicted molar refractivity (Wildman–Crippen MR) is 100 cm³/mol. The highest BCUT2D eigenvalue weighted by Gasteiger charge is 2.43. The number of anilines is 1. The van der Waals surface area contributed by atoms with Crippen LogP contribution in [0.25, 0.3) is 0 Å². The normalized spacial score (nSPS) is 29.0. The molecule has 26 heavy (non-hydrogen) atoms.